The average molecular weight is 292 g/mol. The number of nitrogens with one attached hydrogen (secondary N) is 1. The molecular weight excluding hydrogens is 276 g/mol. The number of carbonyl (C=O) groups is 1. The Bertz CT molecular complexity index is 542. The first kappa shape index (κ1) is 15.0. The van der Waals surface area contributed by atoms with Gasteiger partial charge in [-0.25, -0.2) is 0 Å². The molecule has 112 valence electrons. The van der Waals surface area contributed by atoms with E-state index in [9.17, 15) is 10.1 Å². The van der Waals surface area contributed by atoms with E-state index in [4.69, 9.17) is 14.2 Å². The lowest BCUT2D eigenvalue weighted by atomic mass is 9.81. The van der Waals surface area contributed by atoms with Crippen LogP contribution in [0.5, 0.6) is 11.8 Å². The van der Waals surface area contributed by atoms with Crippen molar-refractivity contribution in [1.82, 2.24) is 9.97 Å². The van der Waals surface area contributed by atoms with Gasteiger partial charge in [0.25, 0.3) is 0 Å². The monoisotopic (exact) mass is 292 g/mol. The number of aromatic nitrogens is 2. The van der Waals surface area contributed by atoms with E-state index in [1.54, 1.807) is 0 Å². The quantitative estimate of drug-likeness (QED) is 0.872. The maximum Gasteiger partial charge on any atom is 0.247 e. The number of ether oxygens (including phenoxy) is 3. The molecule has 0 aromatic carbocycles. The minimum Gasteiger partial charge on any atom is -0.481 e. The molecule has 1 fully saturated rings. The Balaban J connectivity index is 2.20. The summed E-state index contributed by atoms with van der Waals surface area (Å²) in [4.78, 5) is 20.4. The van der Waals surface area contributed by atoms with E-state index >= 15 is 0 Å². The van der Waals surface area contributed by atoms with Gasteiger partial charge >= 0.3 is 0 Å². The van der Waals surface area contributed by atoms with Crippen molar-refractivity contribution in [1.29, 1.82) is 5.26 Å². The van der Waals surface area contributed by atoms with Gasteiger partial charge in [0.2, 0.25) is 23.6 Å². The number of rotatable bonds is 4. The number of amides is 1. The lowest BCUT2D eigenvalue weighted by Crippen LogP contribution is -2.40. The van der Waals surface area contributed by atoms with E-state index in [0.717, 1.165) is 0 Å². The maximum atomic E-state index is 12.4. The van der Waals surface area contributed by atoms with Gasteiger partial charge in [-0.05, 0) is 12.8 Å². The van der Waals surface area contributed by atoms with Gasteiger partial charge in [0.1, 0.15) is 5.41 Å². The van der Waals surface area contributed by atoms with Crippen molar-refractivity contribution in [3.63, 3.8) is 0 Å². The molecule has 1 aromatic rings. The van der Waals surface area contributed by atoms with Gasteiger partial charge in [0.05, 0.1) is 26.4 Å². The van der Waals surface area contributed by atoms with E-state index in [1.165, 1.54) is 20.3 Å². The Morgan fingerprint density at radius 3 is 2.38 bits per heavy atom. The van der Waals surface area contributed by atoms with Gasteiger partial charge in [0, 0.05) is 13.2 Å². The summed E-state index contributed by atoms with van der Waals surface area (Å²) in [6.45, 7) is 0.756. The first-order chi connectivity index (χ1) is 10.1. The van der Waals surface area contributed by atoms with Crippen LogP contribution in [0.2, 0.25) is 0 Å². The second kappa shape index (κ2) is 6.37. The lowest BCUT2D eigenvalue weighted by Gasteiger charge is -2.28. The van der Waals surface area contributed by atoms with Crippen LogP contribution < -0.4 is 14.8 Å². The summed E-state index contributed by atoms with van der Waals surface area (Å²) in [6.07, 6.45) is 0.687. The Kier molecular flexibility index (Phi) is 4.55. The maximum absolute atomic E-state index is 12.4. The van der Waals surface area contributed by atoms with E-state index in [1.807, 2.05) is 0 Å². The highest BCUT2D eigenvalue weighted by Gasteiger charge is 2.40. The number of hydrogen-bond donors (Lipinski definition) is 1. The zero-order valence-corrected chi connectivity index (χ0v) is 11.9. The largest absolute Gasteiger partial charge is 0.481 e. The van der Waals surface area contributed by atoms with Crippen LogP contribution in [0.25, 0.3) is 0 Å². The fourth-order valence-electron chi connectivity index (χ4n) is 2.00. The molecule has 0 unspecified atom stereocenters. The highest BCUT2D eigenvalue weighted by molar-refractivity contribution is 5.96. The van der Waals surface area contributed by atoms with Crippen LogP contribution in [0.15, 0.2) is 6.07 Å². The molecule has 1 aliphatic rings. The molecule has 1 saturated heterocycles. The zero-order valence-electron chi connectivity index (χ0n) is 11.9. The fraction of sp³-hybridized carbons (Fsp3) is 0.538. The van der Waals surface area contributed by atoms with E-state index < -0.39 is 11.3 Å². The molecule has 1 amide bonds. The van der Waals surface area contributed by atoms with Crippen molar-refractivity contribution >= 4 is 11.9 Å². The number of nitriles is 1. The third kappa shape index (κ3) is 3.20. The summed E-state index contributed by atoms with van der Waals surface area (Å²) in [5.74, 6) is 0.117. The molecule has 0 bridgehead atoms. The number of methoxy groups -OCH3 is 2. The predicted molar refractivity (Wildman–Crippen MR) is 71.9 cm³/mol. The molecule has 0 atom stereocenters. The lowest BCUT2D eigenvalue weighted by molar-refractivity contribution is -0.126. The summed E-state index contributed by atoms with van der Waals surface area (Å²) in [7, 11) is 2.89. The summed E-state index contributed by atoms with van der Waals surface area (Å²) >= 11 is 0. The van der Waals surface area contributed by atoms with Crippen molar-refractivity contribution < 1.29 is 19.0 Å². The first-order valence-electron chi connectivity index (χ1n) is 6.41. The van der Waals surface area contributed by atoms with Crippen molar-refractivity contribution in [3.8, 4) is 17.8 Å². The Morgan fingerprint density at radius 2 is 1.90 bits per heavy atom. The molecule has 1 aromatic heterocycles. The molecule has 8 nitrogen and oxygen atoms in total. The minimum absolute atomic E-state index is 0.0392. The van der Waals surface area contributed by atoms with Gasteiger partial charge in [-0.15, -0.1) is 0 Å². The van der Waals surface area contributed by atoms with Crippen LogP contribution in [-0.2, 0) is 9.53 Å². The minimum atomic E-state index is -1.11. The fourth-order valence-corrected chi connectivity index (χ4v) is 2.00. The standard InChI is InChI=1S/C13H16N4O4/c1-19-9-7-10(20-2)16-12(15-9)17-11(18)13(8-14)3-5-21-6-4-13/h7H,3-6H2,1-2H3,(H,15,16,17,18). The van der Waals surface area contributed by atoms with Crippen LogP contribution >= 0.6 is 0 Å². The number of carbonyl (C=O) groups excluding carboxylic acids is 1. The van der Waals surface area contributed by atoms with Crippen molar-refractivity contribution in [3.05, 3.63) is 6.07 Å². The molecule has 0 saturated carbocycles. The second-order valence-electron chi connectivity index (χ2n) is 4.54. The van der Waals surface area contributed by atoms with Crippen molar-refractivity contribution in [2.24, 2.45) is 5.41 Å². The third-order valence-corrected chi connectivity index (χ3v) is 3.32. The summed E-state index contributed by atoms with van der Waals surface area (Å²) in [6, 6.07) is 3.57. The van der Waals surface area contributed by atoms with Crippen LogP contribution in [0.3, 0.4) is 0 Å². The highest BCUT2D eigenvalue weighted by Crippen LogP contribution is 2.31. The number of anilines is 1. The molecule has 1 N–H and O–H groups in total. The van der Waals surface area contributed by atoms with Gasteiger partial charge in [-0.3, -0.25) is 10.1 Å². The molecule has 2 rings (SSSR count). The van der Waals surface area contributed by atoms with Gasteiger partial charge in [-0.1, -0.05) is 0 Å². The second-order valence-corrected chi connectivity index (χ2v) is 4.54. The van der Waals surface area contributed by atoms with Crippen LogP contribution in [-0.4, -0.2) is 43.3 Å². The smallest absolute Gasteiger partial charge is 0.247 e. The average Bonchev–Trinajstić information content (AvgIpc) is 2.54. The van der Waals surface area contributed by atoms with Crippen LogP contribution in [0.1, 0.15) is 12.8 Å². The van der Waals surface area contributed by atoms with E-state index in [-0.39, 0.29) is 17.7 Å². The van der Waals surface area contributed by atoms with Crippen LogP contribution in [0.4, 0.5) is 5.95 Å². The predicted octanol–water partition coefficient (Wildman–Crippen LogP) is 0.753. The molecule has 8 heteroatoms. The highest BCUT2D eigenvalue weighted by atomic mass is 16.5. The van der Waals surface area contributed by atoms with E-state index in [2.05, 4.69) is 21.4 Å². The molecular formula is C13H16N4O4. The Labute approximate surface area is 122 Å². The molecule has 0 radical (unpaired) electrons. The Morgan fingerprint density at radius 1 is 1.33 bits per heavy atom. The summed E-state index contributed by atoms with van der Waals surface area (Å²) < 4.78 is 15.2. The first-order valence-corrected chi connectivity index (χ1v) is 6.41. The Hall–Kier alpha value is -2.40. The van der Waals surface area contributed by atoms with Gasteiger partial charge < -0.3 is 14.2 Å². The normalized spacial score (nSPS) is 16.6. The van der Waals surface area contributed by atoms with Crippen LogP contribution in [0, 0.1) is 16.7 Å². The van der Waals surface area contributed by atoms with E-state index in [0.29, 0.717) is 26.1 Å². The topological polar surface area (TPSA) is 106 Å². The molecule has 1 aliphatic heterocycles. The van der Waals surface area contributed by atoms with Gasteiger partial charge in [-0.2, -0.15) is 15.2 Å². The third-order valence-electron chi connectivity index (χ3n) is 3.32. The van der Waals surface area contributed by atoms with Crippen molar-refractivity contribution in [2.75, 3.05) is 32.8 Å². The molecule has 0 spiro atoms. The van der Waals surface area contributed by atoms with Crippen molar-refractivity contribution in [2.45, 2.75) is 12.8 Å². The SMILES string of the molecule is COc1cc(OC)nc(NC(=O)C2(C#N)CCOCC2)n1. The summed E-state index contributed by atoms with van der Waals surface area (Å²) in [5.41, 5.74) is -1.11. The number of hydrogen-bond acceptors (Lipinski definition) is 7. The molecule has 2 heterocycles. The van der Waals surface area contributed by atoms with Gasteiger partial charge in [0.15, 0.2) is 0 Å². The zero-order chi connectivity index (χ0) is 15.3. The molecule has 0 aliphatic carbocycles. The molecule has 21 heavy (non-hydrogen) atoms. The summed E-state index contributed by atoms with van der Waals surface area (Å²) in [5, 5.41) is 11.9. The number of nitrogens with zero attached hydrogens (tertiary/aromatic N) is 3.